The summed E-state index contributed by atoms with van der Waals surface area (Å²) in [6.07, 6.45) is 2.58. The van der Waals surface area contributed by atoms with Gasteiger partial charge in [-0.3, -0.25) is 0 Å². The molecule has 1 saturated carbocycles. The van der Waals surface area contributed by atoms with Crippen LogP contribution in [0.1, 0.15) is 26.7 Å². The molecule has 94 valence electrons. The molecule has 0 aromatic heterocycles. The average molecular weight is 270 g/mol. The molecule has 2 rings (SSSR count). The van der Waals surface area contributed by atoms with Crippen LogP contribution >= 0.6 is 23.4 Å². The lowest BCUT2D eigenvalue weighted by molar-refractivity contribution is 0.441. The smallest absolute Gasteiger partial charge is 0.0541 e. The number of rotatable bonds is 4. The Balaban J connectivity index is 1.99. The molecule has 3 heteroatoms. The molecule has 0 radical (unpaired) electrons. The standard InChI is InChI=1S/C14H20ClNS/c1-3-16-12-8-9-13(10(12)2)17-14-7-5-4-6-11(14)15/h4-7,10,12-13,16H,3,8-9H2,1-2H3. The topological polar surface area (TPSA) is 12.0 Å². The first-order valence-corrected chi connectivity index (χ1v) is 7.62. The van der Waals surface area contributed by atoms with Crippen LogP contribution in [0.3, 0.4) is 0 Å². The molecule has 1 N–H and O–H groups in total. The monoisotopic (exact) mass is 269 g/mol. The minimum atomic E-state index is 0.681. The van der Waals surface area contributed by atoms with E-state index in [0.29, 0.717) is 11.3 Å². The number of thioether (sulfide) groups is 1. The fraction of sp³-hybridized carbons (Fsp3) is 0.571. The van der Waals surface area contributed by atoms with E-state index in [1.807, 2.05) is 23.9 Å². The largest absolute Gasteiger partial charge is 0.314 e. The minimum Gasteiger partial charge on any atom is -0.314 e. The predicted molar refractivity (Wildman–Crippen MR) is 77.0 cm³/mol. The van der Waals surface area contributed by atoms with Crippen LogP contribution in [-0.2, 0) is 0 Å². The van der Waals surface area contributed by atoms with Gasteiger partial charge in [-0.25, -0.2) is 0 Å². The van der Waals surface area contributed by atoms with Crippen molar-refractivity contribution in [1.82, 2.24) is 5.32 Å². The third kappa shape index (κ3) is 3.18. The second-order valence-electron chi connectivity index (χ2n) is 4.69. The van der Waals surface area contributed by atoms with Gasteiger partial charge in [0.2, 0.25) is 0 Å². The lowest BCUT2D eigenvalue weighted by atomic mass is 10.1. The van der Waals surface area contributed by atoms with Gasteiger partial charge >= 0.3 is 0 Å². The van der Waals surface area contributed by atoms with Gasteiger partial charge in [0.1, 0.15) is 0 Å². The summed E-state index contributed by atoms with van der Waals surface area (Å²) in [6.45, 7) is 5.61. The highest BCUT2D eigenvalue weighted by atomic mass is 35.5. The Morgan fingerprint density at radius 2 is 2.12 bits per heavy atom. The molecule has 0 aliphatic heterocycles. The zero-order valence-corrected chi connectivity index (χ0v) is 12.0. The molecule has 0 bridgehead atoms. The summed E-state index contributed by atoms with van der Waals surface area (Å²) >= 11 is 8.16. The summed E-state index contributed by atoms with van der Waals surface area (Å²) in [5.41, 5.74) is 0. The van der Waals surface area contributed by atoms with Gasteiger partial charge in [0.15, 0.2) is 0 Å². The molecule has 1 aliphatic carbocycles. The van der Waals surface area contributed by atoms with Gasteiger partial charge in [0.05, 0.1) is 5.02 Å². The first-order valence-electron chi connectivity index (χ1n) is 6.37. The molecule has 1 aromatic carbocycles. The molecule has 1 fully saturated rings. The maximum absolute atomic E-state index is 6.21. The zero-order chi connectivity index (χ0) is 12.3. The van der Waals surface area contributed by atoms with Gasteiger partial charge in [0.25, 0.3) is 0 Å². The van der Waals surface area contributed by atoms with E-state index >= 15 is 0 Å². The van der Waals surface area contributed by atoms with Crippen LogP contribution in [0.2, 0.25) is 5.02 Å². The fourth-order valence-electron chi connectivity index (χ4n) is 2.55. The van der Waals surface area contributed by atoms with E-state index in [1.165, 1.54) is 17.7 Å². The van der Waals surface area contributed by atoms with Gasteiger partial charge in [-0.05, 0) is 37.4 Å². The van der Waals surface area contributed by atoms with Gasteiger partial charge in [-0.15, -0.1) is 11.8 Å². The molecule has 0 spiro atoms. The highest BCUT2D eigenvalue weighted by molar-refractivity contribution is 8.00. The van der Waals surface area contributed by atoms with Crippen molar-refractivity contribution in [3.63, 3.8) is 0 Å². The van der Waals surface area contributed by atoms with E-state index in [1.54, 1.807) is 0 Å². The van der Waals surface area contributed by atoms with E-state index < -0.39 is 0 Å². The Kier molecular flexibility index (Phi) is 4.78. The lowest BCUT2D eigenvalue weighted by Gasteiger charge is -2.21. The van der Waals surface area contributed by atoms with Crippen LogP contribution in [-0.4, -0.2) is 17.8 Å². The third-order valence-corrected chi connectivity index (χ3v) is 5.58. The minimum absolute atomic E-state index is 0.681. The van der Waals surface area contributed by atoms with E-state index in [0.717, 1.165) is 17.5 Å². The molecule has 3 atom stereocenters. The Bertz CT molecular complexity index is 369. The molecule has 3 unspecified atom stereocenters. The van der Waals surface area contributed by atoms with Crippen molar-refractivity contribution in [2.75, 3.05) is 6.54 Å². The molecule has 17 heavy (non-hydrogen) atoms. The normalized spacial score (nSPS) is 28.5. The zero-order valence-electron chi connectivity index (χ0n) is 10.4. The van der Waals surface area contributed by atoms with E-state index in [-0.39, 0.29) is 0 Å². The van der Waals surface area contributed by atoms with Crippen molar-refractivity contribution in [2.45, 2.75) is 42.9 Å². The summed E-state index contributed by atoms with van der Waals surface area (Å²) in [7, 11) is 0. The molecular weight excluding hydrogens is 250 g/mol. The van der Waals surface area contributed by atoms with Crippen molar-refractivity contribution >= 4 is 23.4 Å². The Labute approximate surface area is 113 Å². The molecule has 1 aliphatic rings. The first kappa shape index (κ1) is 13.3. The highest BCUT2D eigenvalue weighted by Crippen LogP contribution is 2.41. The lowest BCUT2D eigenvalue weighted by Crippen LogP contribution is -2.32. The molecule has 0 amide bonds. The van der Waals surface area contributed by atoms with Gasteiger partial charge in [-0.2, -0.15) is 0 Å². The maximum atomic E-state index is 6.21. The van der Waals surface area contributed by atoms with Crippen molar-refractivity contribution in [1.29, 1.82) is 0 Å². The summed E-state index contributed by atoms with van der Waals surface area (Å²) in [4.78, 5) is 1.23. The van der Waals surface area contributed by atoms with Crippen molar-refractivity contribution in [3.05, 3.63) is 29.3 Å². The van der Waals surface area contributed by atoms with Crippen LogP contribution in [0.15, 0.2) is 29.2 Å². The molecule has 0 heterocycles. The van der Waals surface area contributed by atoms with Crippen LogP contribution in [0, 0.1) is 5.92 Å². The number of benzene rings is 1. The van der Waals surface area contributed by atoms with Crippen molar-refractivity contribution < 1.29 is 0 Å². The summed E-state index contributed by atoms with van der Waals surface area (Å²) in [5, 5.41) is 5.16. The third-order valence-electron chi connectivity index (χ3n) is 3.56. The number of hydrogen-bond acceptors (Lipinski definition) is 2. The Hall–Kier alpha value is -0.180. The van der Waals surface area contributed by atoms with E-state index in [9.17, 15) is 0 Å². The van der Waals surface area contributed by atoms with Crippen molar-refractivity contribution in [2.24, 2.45) is 5.92 Å². The van der Waals surface area contributed by atoms with E-state index in [2.05, 4.69) is 31.3 Å². The number of halogens is 1. The number of nitrogens with one attached hydrogen (secondary N) is 1. The van der Waals surface area contributed by atoms with Gasteiger partial charge in [-0.1, -0.05) is 37.6 Å². The van der Waals surface area contributed by atoms with Crippen LogP contribution in [0.5, 0.6) is 0 Å². The summed E-state index contributed by atoms with van der Waals surface area (Å²) in [5.74, 6) is 0.719. The first-order chi connectivity index (χ1) is 8.22. The predicted octanol–water partition coefficient (Wildman–Crippen LogP) is 4.21. The fourth-order valence-corrected chi connectivity index (χ4v) is 4.14. The van der Waals surface area contributed by atoms with Crippen molar-refractivity contribution in [3.8, 4) is 0 Å². The molecule has 0 saturated heterocycles. The maximum Gasteiger partial charge on any atom is 0.0541 e. The second-order valence-corrected chi connectivity index (χ2v) is 6.38. The quantitative estimate of drug-likeness (QED) is 0.879. The highest BCUT2D eigenvalue weighted by Gasteiger charge is 2.32. The molecule has 1 nitrogen and oxygen atoms in total. The van der Waals surface area contributed by atoms with E-state index in [4.69, 9.17) is 11.6 Å². The van der Waals surface area contributed by atoms with Crippen LogP contribution in [0.25, 0.3) is 0 Å². The Morgan fingerprint density at radius 1 is 1.35 bits per heavy atom. The average Bonchev–Trinajstić information content (AvgIpc) is 2.65. The van der Waals surface area contributed by atoms with Gasteiger partial charge < -0.3 is 5.32 Å². The van der Waals surface area contributed by atoms with Crippen LogP contribution < -0.4 is 5.32 Å². The SMILES string of the molecule is CCNC1CCC(Sc2ccccc2Cl)C1C. The van der Waals surface area contributed by atoms with Gasteiger partial charge in [0, 0.05) is 16.2 Å². The number of hydrogen-bond donors (Lipinski definition) is 1. The molecular formula is C14H20ClNS. The second kappa shape index (κ2) is 6.12. The summed E-state index contributed by atoms with van der Waals surface area (Å²) in [6, 6.07) is 8.84. The summed E-state index contributed by atoms with van der Waals surface area (Å²) < 4.78 is 0. The van der Waals surface area contributed by atoms with Crippen LogP contribution in [0.4, 0.5) is 0 Å². The molecule has 1 aromatic rings. The Morgan fingerprint density at radius 3 is 2.82 bits per heavy atom.